The molecule has 1 aliphatic carbocycles. The molecule has 3 rings (SSSR count). The van der Waals surface area contributed by atoms with Crippen LogP contribution in [0.2, 0.25) is 0 Å². The molecule has 0 bridgehead atoms. The van der Waals surface area contributed by atoms with E-state index in [0.29, 0.717) is 5.88 Å². The van der Waals surface area contributed by atoms with Gasteiger partial charge in [-0.3, -0.25) is 4.79 Å². The molecule has 98 valence electrons. The van der Waals surface area contributed by atoms with E-state index < -0.39 is 0 Å². The number of hydrogen-bond acceptors (Lipinski definition) is 3. The first-order valence-corrected chi connectivity index (χ1v) is 6.51. The second-order valence-corrected chi connectivity index (χ2v) is 4.87. The summed E-state index contributed by atoms with van der Waals surface area (Å²) in [6, 6.07) is 9.76. The van der Waals surface area contributed by atoms with E-state index in [9.17, 15) is 4.79 Å². The summed E-state index contributed by atoms with van der Waals surface area (Å²) in [5.41, 5.74) is 2.45. The molecule has 19 heavy (non-hydrogen) atoms. The SMILES string of the molecule is Cn1cnc(O[C@H]2CCCc3ccccc32)cc1=O. The molecule has 4 nitrogen and oxygen atoms in total. The summed E-state index contributed by atoms with van der Waals surface area (Å²) in [6.07, 6.45) is 4.66. The van der Waals surface area contributed by atoms with E-state index in [4.69, 9.17) is 4.74 Å². The molecule has 1 atom stereocenters. The van der Waals surface area contributed by atoms with Crippen molar-refractivity contribution in [3.8, 4) is 5.88 Å². The smallest absolute Gasteiger partial charge is 0.256 e. The van der Waals surface area contributed by atoms with Crippen LogP contribution in [0.3, 0.4) is 0 Å². The first-order valence-electron chi connectivity index (χ1n) is 6.51. The zero-order valence-electron chi connectivity index (χ0n) is 10.9. The minimum absolute atomic E-state index is 0.00422. The highest BCUT2D eigenvalue weighted by Gasteiger charge is 2.21. The second kappa shape index (κ2) is 4.88. The Morgan fingerprint density at radius 3 is 3.05 bits per heavy atom. The minimum Gasteiger partial charge on any atom is -0.469 e. The monoisotopic (exact) mass is 256 g/mol. The van der Waals surface area contributed by atoms with Gasteiger partial charge < -0.3 is 9.30 Å². The van der Waals surface area contributed by atoms with Crippen molar-refractivity contribution in [3.63, 3.8) is 0 Å². The van der Waals surface area contributed by atoms with Crippen LogP contribution in [0.25, 0.3) is 0 Å². The van der Waals surface area contributed by atoms with Gasteiger partial charge in [0.25, 0.3) is 5.56 Å². The fourth-order valence-electron chi connectivity index (χ4n) is 2.49. The lowest BCUT2D eigenvalue weighted by atomic mass is 9.89. The first kappa shape index (κ1) is 12.0. The molecule has 0 amide bonds. The van der Waals surface area contributed by atoms with Crippen molar-refractivity contribution < 1.29 is 4.74 Å². The summed E-state index contributed by atoms with van der Waals surface area (Å²) in [5.74, 6) is 0.407. The van der Waals surface area contributed by atoms with Crippen LogP contribution in [0.5, 0.6) is 5.88 Å². The summed E-state index contributed by atoms with van der Waals surface area (Å²) in [4.78, 5) is 15.7. The highest BCUT2D eigenvalue weighted by atomic mass is 16.5. The van der Waals surface area contributed by atoms with E-state index in [1.165, 1.54) is 28.1 Å². The highest BCUT2D eigenvalue weighted by Crippen LogP contribution is 2.32. The van der Waals surface area contributed by atoms with E-state index >= 15 is 0 Å². The molecule has 0 N–H and O–H groups in total. The Balaban J connectivity index is 1.88. The van der Waals surface area contributed by atoms with E-state index in [-0.39, 0.29) is 11.7 Å². The van der Waals surface area contributed by atoms with Crippen LogP contribution in [0.15, 0.2) is 41.5 Å². The zero-order chi connectivity index (χ0) is 13.2. The molecule has 0 fully saturated rings. The Morgan fingerprint density at radius 1 is 1.37 bits per heavy atom. The molecular weight excluding hydrogens is 240 g/mol. The maximum Gasteiger partial charge on any atom is 0.256 e. The number of fused-ring (bicyclic) bond motifs is 1. The molecule has 0 spiro atoms. The van der Waals surface area contributed by atoms with Crippen molar-refractivity contribution >= 4 is 0 Å². The molecule has 0 unspecified atom stereocenters. The number of ether oxygens (including phenoxy) is 1. The molecular formula is C15H16N2O2. The molecule has 4 heteroatoms. The number of benzene rings is 1. The predicted molar refractivity (Wildman–Crippen MR) is 72.2 cm³/mol. The summed E-state index contributed by atoms with van der Waals surface area (Å²) < 4.78 is 7.33. The van der Waals surface area contributed by atoms with Gasteiger partial charge in [0.15, 0.2) is 0 Å². The van der Waals surface area contributed by atoms with Gasteiger partial charge in [0.2, 0.25) is 5.88 Å². The van der Waals surface area contributed by atoms with Crippen molar-refractivity contribution in [1.82, 2.24) is 9.55 Å². The van der Waals surface area contributed by atoms with Gasteiger partial charge in [-0.2, -0.15) is 0 Å². The lowest BCUT2D eigenvalue weighted by molar-refractivity contribution is 0.175. The fourth-order valence-corrected chi connectivity index (χ4v) is 2.49. The molecule has 1 aliphatic rings. The van der Waals surface area contributed by atoms with Crippen LogP contribution in [-0.2, 0) is 13.5 Å². The van der Waals surface area contributed by atoms with Gasteiger partial charge in [0.1, 0.15) is 12.4 Å². The van der Waals surface area contributed by atoms with Gasteiger partial charge in [-0.25, -0.2) is 4.98 Å². The first-order chi connectivity index (χ1) is 9.24. The number of hydrogen-bond donors (Lipinski definition) is 0. The Hall–Kier alpha value is -2.10. The molecule has 0 aliphatic heterocycles. The normalized spacial score (nSPS) is 17.8. The van der Waals surface area contributed by atoms with Crippen LogP contribution >= 0.6 is 0 Å². The van der Waals surface area contributed by atoms with Crippen molar-refractivity contribution in [1.29, 1.82) is 0 Å². The van der Waals surface area contributed by atoms with Gasteiger partial charge in [-0.1, -0.05) is 24.3 Å². The number of nitrogens with zero attached hydrogens (tertiary/aromatic N) is 2. The predicted octanol–water partition coefficient (Wildman–Crippen LogP) is 2.24. The molecule has 1 aromatic heterocycles. The van der Waals surface area contributed by atoms with E-state index in [2.05, 4.69) is 23.2 Å². The second-order valence-electron chi connectivity index (χ2n) is 4.87. The Morgan fingerprint density at radius 2 is 2.21 bits per heavy atom. The Bertz CT molecular complexity index is 649. The quantitative estimate of drug-likeness (QED) is 0.827. The number of aromatic nitrogens is 2. The summed E-state index contributed by atoms with van der Waals surface area (Å²) in [6.45, 7) is 0. The largest absolute Gasteiger partial charge is 0.469 e. The Labute approximate surface area is 111 Å². The highest BCUT2D eigenvalue weighted by molar-refractivity contribution is 5.32. The number of rotatable bonds is 2. The van der Waals surface area contributed by atoms with Crippen molar-refractivity contribution in [2.75, 3.05) is 0 Å². The van der Waals surface area contributed by atoms with Gasteiger partial charge in [-0.05, 0) is 30.4 Å². The minimum atomic E-state index is -0.103. The van der Waals surface area contributed by atoms with Gasteiger partial charge in [-0.15, -0.1) is 0 Å². The van der Waals surface area contributed by atoms with E-state index in [1.807, 2.05) is 6.07 Å². The maximum absolute atomic E-state index is 11.6. The lowest BCUT2D eigenvalue weighted by Crippen LogP contribution is -2.19. The van der Waals surface area contributed by atoms with Crippen molar-refractivity contribution in [2.24, 2.45) is 7.05 Å². The molecule has 1 heterocycles. The molecule has 1 aromatic carbocycles. The van der Waals surface area contributed by atoms with E-state index in [0.717, 1.165) is 19.3 Å². The van der Waals surface area contributed by atoms with Crippen molar-refractivity contribution in [3.05, 3.63) is 58.1 Å². The van der Waals surface area contributed by atoms with Crippen LogP contribution in [0, 0.1) is 0 Å². The van der Waals surface area contributed by atoms with Gasteiger partial charge in [0.05, 0.1) is 6.07 Å². The van der Waals surface area contributed by atoms with Crippen LogP contribution in [0.4, 0.5) is 0 Å². The van der Waals surface area contributed by atoms with Gasteiger partial charge >= 0.3 is 0 Å². The summed E-state index contributed by atoms with van der Waals surface area (Å²) >= 11 is 0. The standard InChI is InChI=1S/C15H16N2O2/c1-17-10-16-14(9-15(17)18)19-13-8-4-6-11-5-2-3-7-12(11)13/h2-3,5,7,9-10,13H,4,6,8H2,1H3/t13-/m0/s1. The van der Waals surface area contributed by atoms with Crippen LogP contribution in [0.1, 0.15) is 30.1 Å². The average Bonchev–Trinajstić information content (AvgIpc) is 2.43. The molecule has 0 saturated heterocycles. The zero-order valence-corrected chi connectivity index (χ0v) is 10.9. The molecule has 0 radical (unpaired) electrons. The fraction of sp³-hybridized carbons (Fsp3) is 0.333. The Kier molecular flexibility index (Phi) is 3.07. The number of aryl methyl sites for hydroxylation is 2. The lowest BCUT2D eigenvalue weighted by Gasteiger charge is -2.25. The van der Waals surface area contributed by atoms with Crippen LogP contribution in [-0.4, -0.2) is 9.55 Å². The maximum atomic E-state index is 11.6. The van der Waals surface area contributed by atoms with Crippen LogP contribution < -0.4 is 10.3 Å². The van der Waals surface area contributed by atoms with Crippen molar-refractivity contribution in [2.45, 2.75) is 25.4 Å². The summed E-state index contributed by atoms with van der Waals surface area (Å²) in [5, 5.41) is 0. The molecule has 0 saturated carbocycles. The third kappa shape index (κ3) is 2.38. The van der Waals surface area contributed by atoms with E-state index in [1.54, 1.807) is 7.05 Å². The van der Waals surface area contributed by atoms with Gasteiger partial charge in [0, 0.05) is 7.05 Å². The summed E-state index contributed by atoms with van der Waals surface area (Å²) in [7, 11) is 1.68. The average molecular weight is 256 g/mol. The third-order valence-electron chi connectivity index (χ3n) is 3.53. The third-order valence-corrected chi connectivity index (χ3v) is 3.53. The molecule has 2 aromatic rings. The topological polar surface area (TPSA) is 44.1 Å².